The maximum absolute atomic E-state index is 5.93. The fraction of sp³-hybridized carbons (Fsp3) is 1.00. The Balaban J connectivity index is 2.43. The Labute approximate surface area is 98.0 Å². The molecule has 90 valence electrons. The number of hydrogen-bond acceptors (Lipinski definition) is 4. The summed E-state index contributed by atoms with van der Waals surface area (Å²) in [5.74, 6) is 0. The van der Waals surface area contributed by atoms with Gasteiger partial charge < -0.3 is 18.9 Å². The average molecular weight is 226 g/mol. The molecule has 2 aliphatic heterocycles. The highest BCUT2D eigenvalue weighted by atomic mass is 16.7. The highest BCUT2D eigenvalue weighted by Gasteiger charge is 2.71. The lowest BCUT2D eigenvalue weighted by Crippen LogP contribution is -2.62. The third kappa shape index (κ3) is 1.26. The molecule has 5 heteroatoms. The number of hydrogen-bond donors (Lipinski definition) is 0. The molecular formula is C11H19BO4. The van der Waals surface area contributed by atoms with Gasteiger partial charge >= 0.3 is 0 Å². The van der Waals surface area contributed by atoms with Crippen LogP contribution in [-0.2, 0) is 18.9 Å². The number of methoxy groups -OCH3 is 2. The van der Waals surface area contributed by atoms with Gasteiger partial charge in [0, 0.05) is 20.2 Å². The molecule has 2 bridgehead atoms. The van der Waals surface area contributed by atoms with Crippen molar-refractivity contribution in [3.05, 3.63) is 0 Å². The smallest absolute Gasteiger partial charge is 0.150 e. The van der Waals surface area contributed by atoms with E-state index >= 15 is 0 Å². The van der Waals surface area contributed by atoms with Crippen molar-refractivity contribution in [2.24, 2.45) is 0 Å². The summed E-state index contributed by atoms with van der Waals surface area (Å²) in [7, 11) is 9.21. The van der Waals surface area contributed by atoms with Crippen molar-refractivity contribution in [1.82, 2.24) is 0 Å². The van der Waals surface area contributed by atoms with Gasteiger partial charge in [-0.05, 0) is 20.8 Å². The maximum atomic E-state index is 5.93. The molecule has 0 aromatic heterocycles. The number of rotatable bonds is 3. The standard InChI is InChI=1S/C11H19BO4/c1-6(13-4)11-8(14-5)7(9(12)16-11)15-10(11,2)3/h6-9H,1-5H3/t6-,7?,8+,9+,11+/m0/s1. The SMILES string of the molecule is [B][C@@H]1O[C@]2([C@H](C)OC)[C@H](OC)C1OC2(C)C. The third-order valence-electron chi connectivity index (χ3n) is 3.96. The molecule has 0 aliphatic carbocycles. The molecule has 2 fully saturated rings. The Bertz CT molecular complexity index is 283. The van der Waals surface area contributed by atoms with Crippen LogP contribution in [0.3, 0.4) is 0 Å². The molecule has 16 heavy (non-hydrogen) atoms. The maximum Gasteiger partial charge on any atom is 0.150 e. The van der Waals surface area contributed by atoms with Gasteiger partial charge in [0.2, 0.25) is 0 Å². The van der Waals surface area contributed by atoms with Crippen LogP contribution in [0.15, 0.2) is 0 Å². The minimum Gasteiger partial charge on any atom is -0.379 e. The van der Waals surface area contributed by atoms with Crippen molar-refractivity contribution in [2.45, 2.75) is 56.3 Å². The minimum atomic E-state index is -0.638. The summed E-state index contributed by atoms with van der Waals surface area (Å²) < 4.78 is 22.8. The topological polar surface area (TPSA) is 36.9 Å². The van der Waals surface area contributed by atoms with E-state index in [1.807, 2.05) is 20.8 Å². The van der Waals surface area contributed by atoms with Gasteiger partial charge in [-0.25, -0.2) is 0 Å². The highest BCUT2D eigenvalue weighted by molar-refractivity contribution is 6.11. The van der Waals surface area contributed by atoms with E-state index < -0.39 is 17.2 Å². The first kappa shape index (κ1) is 12.4. The van der Waals surface area contributed by atoms with E-state index in [1.165, 1.54) is 0 Å². The molecule has 2 heterocycles. The predicted octanol–water partition coefficient (Wildman–Crippen LogP) is 0.477. The van der Waals surface area contributed by atoms with Crippen molar-refractivity contribution >= 4 is 7.85 Å². The summed E-state index contributed by atoms with van der Waals surface area (Å²) >= 11 is 0. The lowest BCUT2D eigenvalue weighted by Gasteiger charge is -2.46. The molecule has 0 spiro atoms. The Hall–Kier alpha value is -0.0951. The molecule has 0 aromatic rings. The molecule has 0 saturated carbocycles. The van der Waals surface area contributed by atoms with Gasteiger partial charge in [0.1, 0.15) is 20.1 Å². The molecule has 1 unspecified atom stereocenters. The van der Waals surface area contributed by atoms with Crippen LogP contribution in [0.1, 0.15) is 20.8 Å². The van der Waals surface area contributed by atoms with Crippen LogP contribution in [0.25, 0.3) is 0 Å². The Morgan fingerprint density at radius 2 is 1.88 bits per heavy atom. The Kier molecular flexibility index (Phi) is 2.86. The summed E-state index contributed by atoms with van der Waals surface area (Å²) in [5, 5.41) is 0. The molecule has 2 rings (SSSR count). The van der Waals surface area contributed by atoms with Crippen LogP contribution in [0.4, 0.5) is 0 Å². The average Bonchev–Trinajstić information content (AvgIpc) is 2.62. The molecule has 2 aliphatic rings. The van der Waals surface area contributed by atoms with Crippen molar-refractivity contribution in [3.8, 4) is 0 Å². The normalized spacial score (nSPS) is 47.2. The first-order valence-corrected chi connectivity index (χ1v) is 5.57. The fourth-order valence-corrected chi connectivity index (χ4v) is 3.12. The van der Waals surface area contributed by atoms with Gasteiger partial charge in [0.15, 0.2) is 5.60 Å². The fourth-order valence-electron chi connectivity index (χ4n) is 3.12. The predicted molar refractivity (Wildman–Crippen MR) is 59.6 cm³/mol. The van der Waals surface area contributed by atoms with E-state index in [2.05, 4.69) is 0 Å². The molecule has 0 amide bonds. The van der Waals surface area contributed by atoms with Gasteiger partial charge in [0.25, 0.3) is 0 Å². The molecule has 4 nitrogen and oxygen atoms in total. The lowest BCUT2D eigenvalue weighted by molar-refractivity contribution is -0.244. The number of fused-ring (bicyclic) bond motifs is 2. The second-order valence-electron chi connectivity index (χ2n) is 5.00. The van der Waals surface area contributed by atoms with E-state index in [0.29, 0.717) is 0 Å². The molecule has 0 aromatic carbocycles. The van der Waals surface area contributed by atoms with E-state index in [4.69, 9.17) is 26.8 Å². The van der Waals surface area contributed by atoms with Gasteiger partial charge in [-0.2, -0.15) is 0 Å². The summed E-state index contributed by atoms with van der Waals surface area (Å²) in [6, 6.07) is -0.449. The summed E-state index contributed by atoms with van der Waals surface area (Å²) in [6.07, 6.45) is -0.559. The molecular weight excluding hydrogens is 207 g/mol. The van der Waals surface area contributed by atoms with E-state index in [9.17, 15) is 0 Å². The molecule has 5 atom stereocenters. The van der Waals surface area contributed by atoms with Crippen molar-refractivity contribution in [2.75, 3.05) is 14.2 Å². The van der Waals surface area contributed by atoms with Gasteiger partial charge in [-0.3, -0.25) is 0 Å². The monoisotopic (exact) mass is 226 g/mol. The van der Waals surface area contributed by atoms with Gasteiger partial charge in [0.05, 0.1) is 11.7 Å². The van der Waals surface area contributed by atoms with Crippen LogP contribution in [0.5, 0.6) is 0 Å². The third-order valence-corrected chi connectivity index (χ3v) is 3.96. The first-order valence-electron chi connectivity index (χ1n) is 5.57. The van der Waals surface area contributed by atoms with Crippen molar-refractivity contribution in [3.63, 3.8) is 0 Å². The van der Waals surface area contributed by atoms with E-state index in [1.54, 1.807) is 14.2 Å². The second kappa shape index (κ2) is 3.70. The molecule has 2 saturated heterocycles. The van der Waals surface area contributed by atoms with Crippen molar-refractivity contribution < 1.29 is 18.9 Å². The van der Waals surface area contributed by atoms with Crippen LogP contribution in [0.2, 0.25) is 0 Å². The second-order valence-corrected chi connectivity index (χ2v) is 5.00. The van der Waals surface area contributed by atoms with Crippen LogP contribution in [-0.4, -0.2) is 57.6 Å². The minimum absolute atomic E-state index is 0.147. The largest absolute Gasteiger partial charge is 0.379 e. The zero-order valence-corrected chi connectivity index (χ0v) is 10.5. The van der Waals surface area contributed by atoms with E-state index in [0.717, 1.165) is 0 Å². The molecule has 0 N–H and O–H groups in total. The number of ether oxygens (including phenoxy) is 4. The summed E-state index contributed by atoms with van der Waals surface area (Å²) in [4.78, 5) is 0. The van der Waals surface area contributed by atoms with E-state index in [-0.39, 0.29) is 18.3 Å². The molecule has 2 radical (unpaired) electrons. The zero-order valence-electron chi connectivity index (χ0n) is 10.5. The summed E-state index contributed by atoms with van der Waals surface area (Å²) in [6.45, 7) is 5.93. The van der Waals surface area contributed by atoms with Crippen molar-refractivity contribution in [1.29, 1.82) is 0 Å². The first-order chi connectivity index (χ1) is 7.40. The van der Waals surface area contributed by atoms with Crippen LogP contribution >= 0.6 is 0 Å². The van der Waals surface area contributed by atoms with Crippen LogP contribution < -0.4 is 0 Å². The zero-order chi connectivity index (χ0) is 12.1. The lowest BCUT2D eigenvalue weighted by atomic mass is 9.79. The van der Waals surface area contributed by atoms with Crippen LogP contribution in [0, 0.1) is 0 Å². The van der Waals surface area contributed by atoms with Gasteiger partial charge in [-0.1, -0.05) is 0 Å². The Morgan fingerprint density at radius 3 is 2.38 bits per heavy atom. The van der Waals surface area contributed by atoms with Gasteiger partial charge in [-0.15, -0.1) is 0 Å². The Morgan fingerprint density at radius 1 is 1.25 bits per heavy atom. The summed E-state index contributed by atoms with van der Waals surface area (Å²) in [5.41, 5.74) is -1.11. The highest BCUT2D eigenvalue weighted by Crippen LogP contribution is 2.53. The quantitative estimate of drug-likeness (QED) is 0.656.